The molecule has 1 heterocycles. The molecule has 0 bridgehead atoms. The lowest BCUT2D eigenvalue weighted by Crippen LogP contribution is -2.21. The van der Waals surface area contributed by atoms with E-state index >= 15 is 0 Å². The molecule has 1 aromatic rings. The first-order chi connectivity index (χ1) is 8.24. The second-order valence-electron chi connectivity index (χ2n) is 3.60. The molecule has 0 amide bonds. The molecular weight excluding hydrogens is 220 g/mol. The minimum absolute atomic E-state index is 0.0642. The fourth-order valence-corrected chi connectivity index (χ4v) is 1.17. The summed E-state index contributed by atoms with van der Waals surface area (Å²) >= 11 is 0. The number of benzene rings is 1. The maximum atomic E-state index is 5.49. The number of rotatable bonds is 5. The Morgan fingerprint density at radius 1 is 1.41 bits per heavy atom. The summed E-state index contributed by atoms with van der Waals surface area (Å²) in [5.74, 6) is 0.741. The van der Waals surface area contributed by atoms with Crippen LogP contribution in [-0.4, -0.2) is 31.5 Å². The largest absolute Gasteiger partial charge is 0.491 e. The Hall–Kier alpha value is -2.08. The van der Waals surface area contributed by atoms with Crippen molar-refractivity contribution >= 4 is 12.2 Å². The van der Waals surface area contributed by atoms with E-state index in [1.54, 1.807) is 6.21 Å². The van der Waals surface area contributed by atoms with Crippen molar-refractivity contribution in [3.05, 3.63) is 29.8 Å². The molecule has 6 nitrogen and oxygen atoms in total. The molecule has 0 radical (unpaired) electrons. The molecule has 1 unspecified atom stereocenters. The highest BCUT2D eigenvalue weighted by atomic mass is 16.6. The predicted octanol–water partition coefficient (Wildman–Crippen LogP) is 0.0715. The Bertz CT molecular complexity index is 420. The van der Waals surface area contributed by atoms with Crippen LogP contribution in [0.2, 0.25) is 0 Å². The van der Waals surface area contributed by atoms with Gasteiger partial charge in [-0.1, -0.05) is 0 Å². The molecule has 1 saturated heterocycles. The Kier molecular flexibility index (Phi) is 3.56. The average Bonchev–Trinajstić information content (AvgIpc) is 3.11. The van der Waals surface area contributed by atoms with E-state index in [-0.39, 0.29) is 12.1 Å². The highest BCUT2D eigenvalue weighted by Gasteiger charge is 2.22. The minimum atomic E-state index is -0.0642. The molecule has 4 N–H and O–H groups in total. The summed E-state index contributed by atoms with van der Waals surface area (Å²) in [7, 11) is 0. The van der Waals surface area contributed by atoms with E-state index in [0.717, 1.165) is 17.9 Å². The van der Waals surface area contributed by atoms with E-state index in [1.807, 2.05) is 24.3 Å². The van der Waals surface area contributed by atoms with E-state index in [0.29, 0.717) is 6.61 Å². The summed E-state index contributed by atoms with van der Waals surface area (Å²) in [6, 6.07) is 7.46. The van der Waals surface area contributed by atoms with Crippen molar-refractivity contribution in [3.63, 3.8) is 0 Å². The van der Waals surface area contributed by atoms with Crippen molar-refractivity contribution in [2.45, 2.75) is 6.10 Å². The van der Waals surface area contributed by atoms with Crippen LogP contribution in [0, 0.1) is 0 Å². The van der Waals surface area contributed by atoms with Crippen molar-refractivity contribution in [1.29, 1.82) is 0 Å². The van der Waals surface area contributed by atoms with Crippen molar-refractivity contribution in [2.24, 2.45) is 21.7 Å². The van der Waals surface area contributed by atoms with Crippen molar-refractivity contribution in [2.75, 3.05) is 13.2 Å². The molecule has 90 valence electrons. The summed E-state index contributed by atoms with van der Waals surface area (Å²) in [6.45, 7) is 1.39. The summed E-state index contributed by atoms with van der Waals surface area (Å²) < 4.78 is 10.5. The van der Waals surface area contributed by atoms with Gasteiger partial charge in [-0.3, -0.25) is 0 Å². The van der Waals surface area contributed by atoms with Gasteiger partial charge in [0.15, 0.2) is 0 Å². The Labute approximate surface area is 98.9 Å². The number of ether oxygens (including phenoxy) is 2. The van der Waals surface area contributed by atoms with Crippen molar-refractivity contribution < 1.29 is 9.47 Å². The quantitative estimate of drug-likeness (QED) is 0.326. The number of nitrogens with two attached hydrogens (primary N) is 2. The van der Waals surface area contributed by atoms with Gasteiger partial charge in [0.1, 0.15) is 18.5 Å². The number of epoxide rings is 1. The summed E-state index contributed by atoms with van der Waals surface area (Å²) in [5, 5.41) is 7.21. The maximum absolute atomic E-state index is 5.49. The predicted molar refractivity (Wildman–Crippen MR) is 65.1 cm³/mol. The normalized spacial score (nSPS) is 18.0. The second kappa shape index (κ2) is 5.31. The summed E-state index contributed by atoms with van der Waals surface area (Å²) in [5.41, 5.74) is 11.2. The lowest BCUT2D eigenvalue weighted by molar-refractivity contribution is 0.263. The van der Waals surface area contributed by atoms with Crippen LogP contribution in [-0.2, 0) is 4.74 Å². The zero-order valence-corrected chi connectivity index (χ0v) is 9.24. The number of hydrogen-bond donors (Lipinski definition) is 2. The van der Waals surface area contributed by atoms with Crippen LogP contribution in [0.15, 0.2) is 34.5 Å². The third-order valence-corrected chi connectivity index (χ3v) is 2.10. The van der Waals surface area contributed by atoms with Gasteiger partial charge in [-0.2, -0.15) is 5.10 Å². The summed E-state index contributed by atoms with van der Waals surface area (Å²) in [4.78, 5) is 0. The molecular formula is C11H14N4O2. The van der Waals surface area contributed by atoms with Crippen LogP contribution in [0.1, 0.15) is 5.56 Å². The number of guanidine groups is 1. The van der Waals surface area contributed by atoms with Gasteiger partial charge >= 0.3 is 0 Å². The van der Waals surface area contributed by atoms with Crippen LogP contribution in [0.3, 0.4) is 0 Å². The van der Waals surface area contributed by atoms with Gasteiger partial charge in [0, 0.05) is 0 Å². The van der Waals surface area contributed by atoms with E-state index in [9.17, 15) is 0 Å². The van der Waals surface area contributed by atoms with Crippen LogP contribution < -0.4 is 16.2 Å². The van der Waals surface area contributed by atoms with Crippen LogP contribution in [0.25, 0.3) is 0 Å². The lowest BCUT2D eigenvalue weighted by atomic mass is 10.2. The molecule has 0 saturated carbocycles. The van der Waals surface area contributed by atoms with Crippen LogP contribution in [0.4, 0.5) is 0 Å². The van der Waals surface area contributed by atoms with Gasteiger partial charge in [0.2, 0.25) is 5.96 Å². The molecule has 1 aliphatic heterocycles. The molecule has 2 rings (SSSR count). The molecule has 1 fully saturated rings. The van der Waals surface area contributed by atoms with Gasteiger partial charge in [-0.15, -0.1) is 5.10 Å². The van der Waals surface area contributed by atoms with E-state index < -0.39 is 0 Å². The third-order valence-electron chi connectivity index (χ3n) is 2.10. The average molecular weight is 234 g/mol. The van der Waals surface area contributed by atoms with Gasteiger partial charge in [0.25, 0.3) is 0 Å². The molecule has 1 aromatic carbocycles. The second-order valence-corrected chi connectivity index (χ2v) is 3.60. The summed E-state index contributed by atoms with van der Waals surface area (Å²) in [6.07, 6.45) is 1.83. The molecule has 0 spiro atoms. The van der Waals surface area contributed by atoms with Gasteiger partial charge in [0.05, 0.1) is 12.8 Å². The van der Waals surface area contributed by atoms with E-state index in [1.165, 1.54) is 0 Å². The zero-order valence-electron chi connectivity index (χ0n) is 9.24. The first-order valence-corrected chi connectivity index (χ1v) is 5.20. The fourth-order valence-electron chi connectivity index (χ4n) is 1.17. The minimum Gasteiger partial charge on any atom is -0.491 e. The molecule has 17 heavy (non-hydrogen) atoms. The Morgan fingerprint density at radius 3 is 2.71 bits per heavy atom. The Morgan fingerprint density at radius 2 is 2.12 bits per heavy atom. The molecule has 0 aromatic heterocycles. The highest BCUT2D eigenvalue weighted by Crippen LogP contribution is 2.15. The van der Waals surface area contributed by atoms with E-state index in [4.69, 9.17) is 20.9 Å². The maximum Gasteiger partial charge on any atom is 0.211 e. The van der Waals surface area contributed by atoms with Crippen molar-refractivity contribution in [3.8, 4) is 5.75 Å². The van der Waals surface area contributed by atoms with Gasteiger partial charge in [-0.25, -0.2) is 0 Å². The standard InChI is InChI=1S/C11H14N4O2/c12-11(13)15-14-5-8-1-3-9(4-2-8)16-6-10-7-17-10/h1-5,10H,6-7H2,(H4,12,13,15). The fraction of sp³-hybridized carbons (Fsp3) is 0.273. The van der Waals surface area contributed by atoms with Crippen LogP contribution >= 0.6 is 0 Å². The molecule has 1 aliphatic rings. The first kappa shape index (κ1) is 11.4. The SMILES string of the molecule is NC(N)=NN=Cc1ccc(OCC2CO2)cc1. The monoisotopic (exact) mass is 234 g/mol. The van der Waals surface area contributed by atoms with Crippen LogP contribution in [0.5, 0.6) is 5.75 Å². The zero-order chi connectivity index (χ0) is 12.1. The van der Waals surface area contributed by atoms with Gasteiger partial charge < -0.3 is 20.9 Å². The van der Waals surface area contributed by atoms with Crippen molar-refractivity contribution in [1.82, 2.24) is 0 Å². The molecule has 6 heteroatoms. The number of nitrogens with zero attached hydrogens (tertiary/aromatic N) is 2. The lowest BCUT2D eigenvalue weighted by Gasteiger charge is -2.03. The first-order valence-electron chi connectivity index (χ1n) is 5.20. The highest BCUT2D eigenvalue weighted by molar-refractivity contribution is 5.81. The third kappa shape index (κ3) is 4.12. The topological polar surface area (TPSA) is 98.5 Å². The molecule has 1 atom stereocenters. The van der Waals surface area contributed by atoms with E-state index in [2.05, 4.69) is 10.2 Å². The number of hydrogen-bond acceptors (Lipinski definition) is 4. The smallest absolute Gasteiger partial charge is 0.211 e. The van der Waals surface area contributed by atoms with Gasteiger partial charge in [-0.05, 0) is 29.8 Å². The Balaban J connectivity index is 1.87. The molecule has 0 aliphatic carbocycles.